The lowest BCUT2D eigenvalue weighted by Crippen LogP contribution is -2.20. The van der Waals surface area contributed by atoms with Gasteiger partial charge >= 0.3 is 0 Å². The van der Waals surface area contributed by atoms with Crippen LogP contribution in [0.1, 0.15) is 23.2 Å². The van der Waals surface area contributed by atoms with Crippen molar-refractivity contribution >= 4 is 46.0 Å². The molecule has 0 saturated heterocycles. The highest BCUT2D eigenvalue weighted by Gasteiger charge is 2.22. The van der Waals surface area contributed by atoms with Gasteiger partial charge in [-0.05, 0) is 24.6 Å². The van der Waals surface area contributed by atoms with E-state index in [1.165, 1.54) is 10.7 Å². The number of hydrogen-bond acceptors (Lipinski definition) is 4. The number of hydrogen-bond donors (Lipinski definition) is 1. The number of anilines is 1. The van der Waals surface area contributed by atoms with Crippen molar-refractivity contribution in [3.8, 4) is 11.3 Å². The van der Waals surface area contributed by atoms with Crippen LogP contribution in [0.4, 0.5) is 14.6 Å². The van der Waals surface area contributed by atoms with Gasteiger partial charge < -0.3 is 5.32 Å². The van der Waals surface area contributed by atoms with Crippen molar-refractivity contribution in [2.75, 3.05) is 5.32 Å². The Bertz CT molecular complexity index is 1600. The molecule has 0 bridgehead atoms. The van der Waals surface area contributed by atoms with E-state index in [9.17, 15) is 13.6 Å². The number of amides is 1. The van der Waals surface area contributed by atoms with Gasteiger partial charge in [-0.25, -0.2) is 18.4 Å². The molecule has 0 aliphatic carbocycles. The van der Waals surface area contributed by atoms with Gasteiger partial charge in [-0.1, -0.05) is 71.7 Å². The largest absolute Gasteiger partial charge is 0.306 e. The predicted octanol–water partition coefficient (Wildman–Crippen LogP) is 6.53. The molecule has 1 N–H and O–H groups in total. The summed E-state index contributed by atoms with van der Waals surface area (Å²) in [5, 5.41) is 12.4. The number of halogens is 4. The van der Waals surface area contributed by atoms with Gasteiger partial charge in [-0.3, -0.25) is 9.48 Å². The molecule has 7 nitrogen and oxygen atoms in total. The number of alkyl halides is 2. The van der Waals surface area contributed by atoms with E-state index in [-0.39, 0.29) is 34.0 Å². The molecular formula is C26H20Cl2F2N6O. The lowest BCUT2D eigenvalue weighted by molar-refractivity contribution is -0.116. The molecule has 37 heavy (non-hydrogen) atoms. The van der Waals surface area contributed by atoms with Crippen LogP contribution in [0.2, 0.25) is 10.0 Å². The summed E-state index contributed by atoms with van der Waals surface area (Å²) in [6, 6.07) is 17.7. The van der Waals surface area contributed by atoms with Crippen LogP contribution in [0.5, 0.6) is 0 Å². The molecule has 5 aromatic rings. The minimum absolute atomic E-state index is 0.165. The Morgan fingerprint density at radius 1 is 1.03 bits per heavy atom. The lowest BCUT2D eigenvalue weighted by Gasteiger charge is -2.09. The molecule has 0 atom stereocenters. The first-order valence-corrected chi connectivity index (χ1v) is 12.0. The lowest BCUT2D eigenvalue weighted by atomic mass is 10.1. The number of fused-ring (bicyclic) bond motifs is 1. The molecular weight excluding hydrogens is 521 g/mol. The van der Waals surface area contributed by atoms with Crippen LogP contribution in [-0.2, 0) is 17.9 Å². The minimum atomic E-state index is -2.74. The van der Waals surface area contributed by atoms with Crippen LogP contribution in [-0.4, -0.2) is 30.5 Å². The second-order valence-electron chi connectivity index (χ2n) is 8.37. The molecule has 0 fully saturated rings. The highest BCUT2D eigenvalue weighted by molar-refractivity contribution is 6.33. The average Bonchev–Trinajstić information content (AvgIpc) is 3.38. The molecule has 188 valence electrons. The summed E-state index contributed by atoms with van der Waals surface area (Å²) in [5.41, 5.74) is 2.25. The quantitative estimate of drug-likeness (QED) is 0.254. The van der Waals surface area contributed by atoms with E-state index in [1.807, 2.05) is 24.3 Å². The van der Waals surface area contributed by atoms with Crippen molar-refractivity contribution in [1.82, 2.24) is 24.5 Å². The van der Waals surface area contributed by atoms with Gasteiger partial charge in [0.1, 0.15) is 11.6 Å². The summed E-state index contributed by atoms with van der Waals surface area (Å²) < 4.78 is 30.8. The number of pyridine rings is 1. The van der Waals surface area contributed by atoms with Crippen molar-refractivity contribution in [2.45, 2.75) is 26.4 Å². The van der Waals surface area contributed by atoms with E-state index in [4.69, 9.17) is 23.2 Å². The van der Waals surface area contributed by atoms with Crippen molar-refractivity contribution in [3.05, 3.63) is 93.7 Å². The molecule has 5 rings (SSSR count). The van der Waals surface area contributed by atoms with E-state index in [1.54, 1.807) is 48.1 Å². The molecule has 2 aromatic carbocycles. The normalized spacial score (nSPS) is 11.4. The van der Waals surface area contributed by atoms with Crippen LogP contribution < -0.4 is 5.32 Å². The summed E-state index contributed by atoms with van der Waals surface area (Å²) in [6.07, 6.45) is -1.16. The maximum Gasteiger partial charge on any atom is 0.264 e. The van der Waals surface area contributed by atoms with Crippen LogP contribution >= 0.6 is 23.2 Å². The number of aryl methyl sites for hydroxylation is 1. The molecule has 3 heterocycles. The number of carbonyl (C=O) groups excluding carboxylic acids is 1. The van der Waals surface area contributed by atoms with Crippen LogP contribution in [0.15, 0.2) is 66.9 Å². The average molecular weight is 541 g/mol. The molecule has 0 saturated carbocycles. The Hall–Kier alpha value is -3.82. The monoisotopic (exact) mass is 540 g/mol. The second-order valence-corrected chi connectivity index (χ2v) is 9.18. The van der Waals surface area contributed by atoms with Gasteiger partial charge in [0.15, 0.2) is 11.5 Å². The Morgan fingerprint density at radius 2 is 1.76 bits per heavy atom. The second kappa shape index (κ2) is 10.3. The third-order valence-electron chi connectivity index (χ3n) is 5.77. The summed E-state index contributed by atoms with van der Waals surface area (Å²) in [4.78, 5) is 17.5. The van der Waals surface area contributed by atoms with Crippen LogP contribution in [0.25, 0.3) is 22.3 Å². The number of benzene rings is 2. The van der Waals surface area contributed by atoms with Gasteiger partial charge in [-0.2, -0.15) is 10.2 Å². The molecule has 0 radical (unpaired) electrons. The number of aromatic nitrogens is 5. The van der Waals surface area contributed by atoms with Crippen molar-refractivity contribution in [1.29, 1.82) is 0 Å². The number of nitrogens with zero attached hydrogens (tertiary/aromatic N) is 5. The predicted molar refractivity (Wildman–Crippen MR) is 139 cm³/mol. The van der Waals surface area contributed by atoms with E-state index in [0.717, 1.165) is 5.56 Å². The zero-order valence-corrected chi connectivity index (χ0v) is 21.0. The Morgan fingerprint density at radius 3 is 2.49 bits per heavy atom. The minimum Gasteiger partial charge on any atom is -0.306 e. The van der Waals surface area contributed by atoms with Gasteiger partial charge in [0.05, 0.1) is 23.3 Å². The third kappa shape index (κ3) is 5.19. The number of nitrogens with one attached hydrogen (secondary N) is 1. The van der Waals surface area contributed by atoms with Gasteiger partial charge in [0.25, 0.3) is 6.43 Å². The van der Waals surface area contributed by atoms with Crippen LogP contribution in [0.3, 0.4) is 0 Å². The maximum absolute atomic E-state index is 14.0. The SMILES string of the molecule is Cc1nn(CC(=O)Nc2nn(Cc3ccccc3Cl)cc2Cl)c2nc(-c3ccccc3)cc(C(F)F)c12. The first kappa shape index (κ1) is 24.9. The van der Waals surface area contributed by atoms with Crippen molar-refractivity contribution in [2.24, 2.45) is 0 Å². The fourth-order valence-corrected chi connectivity index (χ4v) is 4.49. The molecule has 3 aromatic heterocycles. The Balaban J connectivity index is 1.42. The summed E-state index contributed by atoms with van der Waals surface area (Å²) in [6.45, 7) is 1.70. The smallest absolute Gasteiger partial charge is 0.264 e. The number of rotatable bonds is 7. The van der Waals surface area contributed by atoms with E-state index in [0.29, 0.717) is 28.5 Å². The van der Waals surface area contributed by atoms with E-state index >= 15 is 0 Å². The van der Waals surface area contributed by atoms with E-state index in [2.05, 4.69) is 20.5 Å². The van der Waals surface area contributed by atoms with Gasteiger partial charge in [0.2, 0.25) is 5.91 Å². The first-order chi connectivity index (χ1) is 17.8. The molecule has 0 aliphatic rings. The number of carbonyl (C=O) groups is 1. The molecule has 11 heteroatoms. The maximum atomic E-state index is 14.0. The summed E-state index contributed by atoms with van der Waals surface area (Å²) in [7, 11) is 0. The van der Waals surface area contributed by atoms with Crippen molar-refractivity contribution in [3.63, 3.8) is 0 Å². The highest BCUT2D eigenvalue weighted by atomic mass is 35.5. The zero-order chi connectivity index (χ0) is 26.1. The Labute approximate surface area is 220 Å². The topological polar surface area (TPSA) is 77.6 Å². The van der Waals surface area contributed by atoms with Crippen molar-refractivity contribution < 1.29 is 13.6 Å². The molecule has 1 amide bonds. The Kier molecular flexibility index (Phi) is 6.90. The molecule has 0 aliphatic heterocycles. The standard InChI is InChI=1S/C26H20Cl2F2N6O/c1-15-23-18(24(29)30)11-21(16-7-3-2-4-8-16)31-26(23)36(33-15)14-22(37)32-25-20(28)13-35(34-25)12-17-9-5-6-10-19(17)27/h2-11,13,24H,12,14H2,1H3,(H,32,34,37). The van der Waals surface area contributed by atoms with Crippen LogP contribution in [0, 0.1) is 6.92 Å². The van der Waals surface area contributed by atoms with E-state index < -0.39 is 12.3 Å². The zero-order valence-electron chi connectivity index (χ0n) is 19.5. The highest BCUT2D eigenvalue weighted by Crippen LogP contribution is 2.33. The molecule has 0 spiro atoms. The fraction of sp³-hybridized carbons (Fsp3) is 0.154. The fourth-order valence-electron chi connectivity index (χ4n) is 4.10. The summed E-state index contributed by atoms with van der Waals surface area (Å²) in [5.74, 6) is -0.321. The first-order valence-electron chi connectivity index (χ1n) is 11.3. The van der Waals surface area contributed by atoms with Gasteiger partial charge in [0, 0.05) is 22.3 Å². The molecule has 0 unspecified atom stereocenters. The third-order valence-corrected chi connectivity index (χ3v) is 6.42. The summed E-state index contributed by atoms with van der Waals surface area (Å²) >= 11 is 12.5. The van der Waals surface area contributed by atoms with Gasteiger partial charge in [-0.15, -0.1) is 0 Å².